The van der Waals surface area contributed by atoms with Crippen LogP contribution >= 0.6 is 0 Å². The van der Waals surface area contributed by atoms with Crippen LogP contribution in [0, 0.1) is 0 Å². The van der Waals surface area contributed by atoms with Crippen molar-refractivity contribution in [1.29, 1.82) is 0 Å². The Hall–Kier alpha value is -2.41. The topological polar surface area (TPSA) is 114 Å². The number of anilines is 1. The maximum atomic E-state index is 11.2. The molecule has 19 heavy (non-hydrogen) atoms. The SMILES string of the molecule is Nc1cccc(-c2c(C(=O)O)nnn2CCCO)c1. The number of aliphatic hydroxyl groups excluding tert-OH is 1. The molecule has 0 bridgehead atoms. The van der Waals surface area contributed by atoms with Gasteiger partial charge in [0.25, 0.3) is 0 Å². The van der Waals surface area contributed by atoms with Gasteiger partial charge in [-0.3, -0.25) is 0 Å². The minimum absolute atomic E-state index is 0.00136. The van der Waals surface area contributed by atoms with Crippen molar-refractivity contribution in [3.63, 3.8) is 0 Å². The summed E-state index contributed by atoms with van der Waals surface area (Å²) < 4.78 is 1.47. The summed E-state index contributed by atoms with van der Waals surface area (Å²) in [6, 6.07) is 6.86. The zero-order valence-corrected chi connectivity index (χ0v) is 10.2. The van der Waals surface area contributed by atoms with E-state index in [0.29, 0.717) is 29.9 Å². The highest BCUT2D eigenvalue weighted by atomic mass is 16.4. The van der Waals surface area contributed by atoms with Gasteiger partial charge in [-0.15, -0.1) is 5.10 Å². The fourth-order valence-electron chi connectivity index (χ4n) is 1.81. The van der Waals surface area contributed by atoms with Crippen LogP contribution in [0.2, 0.25) is 0 Å². The molecule has 0 radical (unpaired) electrons. The monoisotopic (exact) mass is 262 g/mol. The van der Waals surface area contributed by atoms with Crippen molar-refractivity contribution in [2.75, 3.05) is 12.3 Å². The van der Waals surface area contributed by atoms with Crippen molar-refractivity contribution >= 4 is 11.7 Å². The Labute approximate surface area is 109 Å². The molecule has 0 saturated heterocycles. The van der Waals surface area contributed by atoms with Gasteiger partial charge in [-0.05, 0) is 18.6 Å². The van der Waals surface area contributed by atoms with Crippen molar-refractivity contribution in [3.8, 4) is 11.3 Å². The zero-order valence-electron chi connectivity index (χ0n) is 10.2. The van der Waals surface area contributed by atoms with Crippen LogP contribution in [-0.4, -0.2) is 37.8 Å². The second-order valence-electron chi connectivity index (χ2n) is 4.02. The van der Waals surface area contributed by atoms with Crippen molar-refractivity contribution in [2.45, 2.75) is 13.0 Å². The number of benzene rings is 1. The van der Waals surface area contributed by atoms with E-state index in [2.05, 4.69) is 10.3 Å². The Kier molecular flexibility index (Phi) is 3.76. The fourth-order valence-corrected chi connectivity index (χ4v) is 1.81. The Morgan fingerprint density at radius 2 is 2.21 bits per heavy atom. The first-order valence-electron chi connectivity index (χ1n) is 5.77. The Bertz CT molecular complexity index is 594. The second kappa shape index (κ2) is 5.49. The highest BCUT2D eigenvalue weighted by molar-refractivity contribution is 5.92. The van der Waals surface area contributed by atoms with E-state index in [-0.39, 0.29) is 12.3 Å². The summed E-state index contributed by atoms with van der Waals surface area (Å²) in [6.07, 6.45) is 0.470. The average Bonchev–Trinajstić information content (AvgIpc) is 2.80. The van der Waals surface area contributed by atoms with Crippen LogP contribution in [0.25, 0.3) is 11.3 Å². The van der Waals surface area contributed by atoms with E-state index in [1.165, 1.54) is 4.68 Å². The summed E-state index contributed by atoms with van der Waals surface area (Å²) >= 11 is 0. The Morgan fingerprint density at radius 1 is 1.42 bits per heavy atom. The molecule has 7 nitrogen and oxygen atoms in total. The third kappa shape index (κ3) is 2.71. The summed E-state index contributed by atoms with van der Waals surface area (Å²) in [6.45, 7) is 0.388. The number of nitrogens with two attached hydrogens (primary N) is 1. The predicted molar refractivity (Wildman–Crippen MR) is 68.5 cm³/mol. The quantitative estimate of drug-likeness (QED) is 0.680. The number of nitrogen functional groups attached to an aromatic ring is 1. The minimum Gasteiger partial charge on any atom is -0.476 e. The van der Waals surface area contributed by atoms with E-state index in [0.717, 1.165) is 0 Å². The van der Waals surface area contributed by atoms with Crippen LogP contribution < -0.4 is 5.73 Å². The lowest BCUT2D eigenvalue weighted by atomic mass is 10.1. The second-order valence-corrected chi connectivity index (χ2v) is 4.02. The smallest absolute Gasteiger partial charge is 0.358 e. The number of aliphatic hydroxyl groups is 1. The van der Waals surface area contributed by atoms with Gasteiger partial charge in [-0.25, -0.2) is 9.48 Å². The number of aryl methyl sites for hydroxylation is 1. The summed E-state index contributed by atoms with van der Waals surface area (Å²) in [7, 11) is 0. The van der Waals surface area contributed by atoms with Crippen molar-refractivity contribution in [1.82, 2.24) is 15.0 Å². The van der Waals surface area contributed by atoms with E-state index in [1.54, 1.807) is 24.3 Å². The van der Waals surface area contributed by atoms with Gasteiger partial charge < -0.3 is 15.9 Å². The van der Waals surface area contributed by atoms with Gasteiger partial charge in [0.1, 0.15) is 5.69 Å². The molecule has 0 spiro atoms. The van der Waals surface area contributed by atoms with E-state index in [4.69, 9.17) is 15.9 Å². The third-order valence-electron chi connectivity index (χ3n) is 2.63. The summed E-state index contributed by atoms with van der Waals surface area (Å²) in [5.41, 5.74) is 7.15. The van der Waals surface area contributed by atoms with Gasteiger partial charge in [0.15, 0.2) is 5.69 Å². The molecule has 1 aromatic heterocycles. The molecule has 1 aromatic carbocycles. The lowest BCUT2D eigenvalue weighted by Crippen LogP contribution is -2.06. The van der Waals surface area contributed by atoms with Crippen molar-refractivity contribution in [2.24, 2.45) is 0 Å². The van der Waals surface area contributed by atoms with E-state index < -0.39 is 5.97 Å². The molecule has 0 fully saturated rings. The molecular formula is C12H14N4O3. The number of nitrogens with zero attached hydrogens (tertiary/aromatic N) is 3. The fraction of sp³-hybridized carbons (Fsp3) is 0.250. The number of carboxylic acid groups (broad SMARTS) is 1. The van der Waals surface area contributed by atoms with E-state index in [1.807, 2.05) is 0 Å². The minimum atomic E-state index is -1.15. The lowest BCUT2D eigenvalue weighted by Gasteiger charge is -2.07. The first-order chi connectivity index (χ1) is 9.13. The number of hydrogen-bond acceptors (Lipinski definition) is 5. The summed E-state index contributed by atoms with van der Waals surface area (Å²) in [5, 5.41) is 25.5. The number of hydrogen-bond donors (Lipinski definition) is 3. The highest BCUT2D eigenvalue weighted by Crippen LogP contribution is 2.24. The maximum Gasteiger partial charge on any atom is 0.358 e. The predicted octanol–water partition coefficient (Wildman–Crippen LogP) is 0.608. The van der Waals surface area contributed by atoms with Gasteiger partial charge in [0.05, 0.1) is 0 Å². The molecular weight excluding hydrogens is 248 g/mol. The van der Waals surface area contributed by atoms with Gasteiger partial charge in [-0.2, -0.15) is 0 Å². The number of carboxylic acids is 1. The average molecular weight is 262 g/mol. The van der Waals surface area contributed by atoms with E-state index in [9.17, 15) is 4.79 Å². The number of rotatable bonds is 5. The zero-order chi connectivity index (χ0) is 13.8. The van der Waals surface area contributed by atoms with E-state index >= 15 is 0 Å². The third-order valence-corrected chi connectivity index (χ3v) is 2.63. The summed E-state index contributed by atoms with van der Waals surface area (Å²) in [4.78, 5) is 11.2. The summed E-state index contributed by atoms with van der Waals surface area (Å²) in [5.74, 6) is -1.15. The normalized spacial score (nSPS) is 10.6. The molecule has 100 valence electrons. The Balaban J connectivity index is 2.51. The molecule has 0 saturated carbocycles. The van der Waals surface area contributed by atoms with Crippen molar-refractivity contribution < 1.29 is 15.0 Å². The largest absolute Gasteiger partial charge is 0.476 e. The van der Waals surface area contributed by atoms with Crippen molar-refractivity contribution in [3.05, 3.63) is 30.0 Å². The number of aromatic nitrogens is 3. The first kappa shape index (κ1) is 13.0. The molecule has 0 aliphatic carbocycles. The molecule has 2 rings (SSSR count). The van der Waals surface area contributed by atoms with Crippen LogP contribution in [0.4, 0.5) is 5.69 Å². The van der Waals surface area contributed by atoms with Crippen LogP contribution in [-0.2, 0) is 6.54 Å². The highest BCUT2D eigenvalue weighted by Gasteiger charge is 2.20. The molecule has 0 aliphatic heterocycles. The molecule has 0 unspecified atom stereocenters. The molecule has 2 aromatic rings. The lowest BCUT2D eigenvalue weighted by molar-refractivity contribution is 0.0691. The molecule has 0 amide bonds. The van der Waals surface area contributed by atoms with Gasteiger partial charge >= 0.3 is 5.97 Å². The maximum absolute atomic E-state index is 11.2. The van der Waals surface area contributed by atoms with Crippen LogP contribution in [0.3, 0.4) is 0 Å². The molecule has 0 aliphatic rings. The number of carbonyl (C=O) groups is 1. The molecule has 0 atom stereocenters. The van der Waals surface area contributed by atoms with Gasteiger partial charge in [0, 0.05) is 24.4 Å². The first-order valence-corrected chi connectivity index (χ1v) is 5.77. The molecule has 1 heterocycles. The molecule has 4 N–H and O–H groups in total. The van der Waals surface area contributed by atoms with Gasteiger partial charge in [0.2, 0.25) is 0 Å². The standard InChI is InChI=1S/C12H14N4O3/c13-9-4-1-3-8(7-9)11-10(12(18)19)14-15-16(11)5-2-6-17/h1,3-4,7,17H,2,5-6,13H2,(H,18,19). The Morgan fingerprint density at radius 3 is 2.84 bits per heavy atom. The number of aromatic carboxylic acids is 1. The van der Waals surface area contributed by atoms with Crippen LogP contribution in [0.1, 0.15) is 16.9 Å². The molecule has 7 heteroatoms. The van der Waals surface area contributed by atoms with Gasteiger partial charge in [-0.1, -0.05) is 17.3 Å². The van der Waals surface area contributed by atoms with Crippen LogP contribution in [0.15, 0.2) is 24.3 Å². The van der Waals surface area contributed by atoms with Crippen LogP contribution in [0.5, 0.6) is 0 Å².